The lowest BCUT2D eigenvalue weighted by Crippen LogP contribution is -2.41. The van der Waals surface area contributed by atoms with Crippen LogP contribution in [0.2, 0.25) is 0 Å². The number of aromatic nitrogens is 2. The van der Waals surface area contributed by atoms with Crippen LogP contribution in [0.1, 0.15) is 39.9 Å². The fourth-order valence-corrected chi connectivity index (χ4v) is 5.05. The third kappa shape index (κ3) is 6.08. The summed E-state index contributed by atoms with van der Waals surface area (Å²) >= 11 is 0. The summed E-state index contributed by atoms with van der Waals surface area (Å²) in [5.74, 6) is 0.914. The Morgan fingerprint density at radius 1 is 1.08 bits per heavy atom. The van der Waals surface area contributed by atoms with Crippen molar-refractivity contribution in [3.05, 3.63) is 70.9 Å². The van der Waals surface area contributed by atoms with E-state index in [-0.39, 0.29) is 5.56 Å². The van der Waals surface area contributed by atoms with Crippen molar-refractivity contribution in [1.29, 1.82) is 0 Å². The topological polar surface area (TPSA) is 76.6 Å². The molecule has 1 fully saturated rings. The van der Waals surface area contributed by atoms with Crippen molar-refractivity contribution >= 4 is 29.0 Å². The van der Waals surface area contributed by atoms with Crippen molar-refractivity contribution in [3.63, 3.8) is 0 Å². The predicted molar refractivity (Wildman–Crippen MR) is 146 cm³/mol. The number of benzene rings is 2. The van der Waals surface area contributed by atoms with Crippen LogP contribution in [0.3, 0.4) is 0 Å². The van der Waals surface area contributed by atoms with Gasteiger partial charge < -0.3 is 25.3 Å². The highest BCUT2D eigenvalue weighted by Crippen LogP contribution is 2.33. The number of alkyl halides is 3. The summed E-state index contributed by atoms with van der Waals surface area (Å²) in [6, 6.07) is 10.2. The molecule has 1 amide bonds. The van der Waals surface area contributed by atoms with E-state index in [1.807, 2.05) is 32.3 Å². The van der Waals surface area contributed by atoms with Gasteiger partial charge in [-0.3, -0.25) is 4.79 Å². The molecule has 8 nitrogen and oxygen atoms in total. The van der Waals surface area contributed by atoms with Gasteiger partial charge in [0.25, 0.3) is 5.91 Å². The molecule has 0 atom stereocenters. The minimum absolute atomic E-state index is 0.0552. The van der Waals surface area contributed by atoms with E-state index in [4.69, 9.17) is 4.98 Å². The number of aryl methyl sites for hydroxylation is 1. The normalized spacial score (nSPS) is 16.7. The molecule has 206 valence electrons. The van der Waals surface area contributed by atoms with Gasteiger partial charge in [0.05, 0.1) is 12.2 Å². The second kappa shape index (κ2) is 10.7. The Balaban J connectivity index is 1.30. The Morgan fingerprint density at radius 2 is 1.85 bits per heavy atom. The average molecular weight is 540 g/mol. The average Bonchev–Trinajstić information content (AvgIpc) is 2.91. The third-order valence-corrected chi connectivity index (χ3v) is 7.26. The van der Waals surface area contributed by atoms with Gasteiger partial charge >= 0.3 is 6.18 Å². The second-order valence-corrected chi connectivity index (χ2v) is 10.3. The van der Waals surface area contributed by atoms with Crippen LogP contribution in [0, 0.1) is 6.92 Å². The number of carbonyl (C=O) groups is 1. The van der Waals surface area contributed by atoms with Crippen molar-refractivity contribution in [1.82, 2.24) is 14.9 Å². The first kappa shape index (κ1) is 26.7. The Kier molecular flexibility index (Phi) is 7.35. The van der Waals surface area contributed by atoms with Gasteiger partial charge in [-0.15, -0.1) is 0 Å². The molecule has 0 spiro atoms. The number of hydrogen-bond donors (Lipinski definition) is 2. The zero-order valence-electron chi connectivity index (χ0n) is 22.2. The van der Waals surface area contributed by atoms with E-state index in [1.165, 1.54) is 12.1 Å². The van der Waals surface area contributed by atoms with Gasteiger partial charge in [0.15, 0.2) is 0 Å². The Morgan fingerprint density at radius 3 is 2.59 bits per heavy atom. The Labute approximate surface area is 225 Å². The smallest absolute Gasteiger partial charge is 0.351 e. The SMILES string of the molecule is Cc1ccc(NC(=O)c2cccc(C(F)(F)F)c2)cc1N1Cc2cnc(NC3CCN(C)CC3)nc2N(C)C1. The minimum Gasteiger partial charge on any atom is -0.351 e. The molecule has 11 heteroatoms. The number of nitrogens with one attached hydrogen (secondary N) is 2. The molecule has 5 rings (SSSR count). The van der Waals surface area contributed by atoms with Crippen LogP contribution in [0.4, 0.5) is 36.3 Å². The number of amides is 1. The van der Waals surface area contributed by atoms with E-state index >= 15 is 0 Å². The Bertz CT molecular complexity index is 1360. The molecule has 0 radical (unpaired) electrons. The standard InChI is InChI=1S/C28H32F3N7O/c1-18-7-8-23(33-26(39)19-5-4-6-21(13-19)28(29,30)31)14-24(18)38-16-20-15-32-27(35-25(20)37(3)17-38)34-22-9-11-36(2)12-10-22/h4-8,13-15,22H,9-12,16-17H2,1-3H3,(H,33,39)(H,32,34,35). The van der Waals surface area contributed by atoms with Crippen LogP contribution < -0.4 is 20.4 Å². The van der Waals surface area contributed by atoms with E-state index < -0.39 is 17.6 Å². The lowest BCUT2D eigenvalue weighted by molar-refractivity contribution is -0.137. The number of piperidine rings is 1. The van der Waals surface area contributed by atoms with Crippen LogP contribution in [0.25, 0.3) is 0 Å². The molecular formula is C28H32F3N7O. The second-order valence-electron chi connectivity index (χ2n) is 10.3. The first-order chi connectivity index (χ1) is 18.6. The summed E-state index contributed by atoms with van der Waals surface area (Å²) in [7, 11) is 4.11. The molecule has 2 aliphatic rings. The van der Waals surface area contributed by atoms with Crippen LogP contribution >= 0.6 is 0 Å². The largest absolute Gasteiger partial charge is 0.416 e. The monoisotopic (exact) mass is 539 g/mol. The van der Waals surface area contributed by atoms with Crippen molar-refractivity contribution in [3.8, 4) is 0 Å². The van der Waals surface area contributed by atoms with Crippen molar-refractivity contribution in [2.24, 2.45) is 0 Å². The molecule has 1 aromatic heterocycles. The maximum atomic E-state index is 13.1. The first-order valence-electron chi connectivity index (χ1n) is 12.9. The van der Waals surface area contributed by atoms with E-state index in [9.17, 15) is 18.0 Å². The summed E-state index contributed by atoms with van der Waals surface area (Å²) < 4.78 is 39.3. The number of nitrogens with zero attached hydrogens (tertiary/aromatic N) is 5. The van der Waals surface area contributed by atoms with E-state index in [2.05, 4.69) is 37.4 Å². The lowest BCUT2D eigenvalue weighted by Gasteiger charge is -2.37. The molecule has 2 aliphatic heterocycles. The predicted octanol–water partition coefficient (Wildman–Crippen LogP) is 4.98. The molecule has 1 saturated heterocycles. The number of rotatable bonds is 5. The molecule has 0 unspecified atom stereocenters. The Hall–Kier alpha value is -3.86. The van der Waals surface area contributed by atoms with Crippen molar-refractivity contribution in [2.45, 2.75) is 38.5 Å². The number of likely N-dealkylation sites (tertiary alicyclic amines) is 1. The van der Waals surface area contributed by atoms with Gasteiger partial charge in [-0.05, 0) is 75.8 Å². The zero-order chi connectivity index (χ0) is 27.7. The summed E-state index contributed by atoms with van der Waals surface area (Å²) in [5, 5.41) is 6.22. The number of hydrogen-bond acceptors (Lipinski definition) is 7. The van der Waals surface area contributed by atoms with Gasteiger partial charge in [-0.1, -0.05) is 12.1 Å². The number of anilines is 4. The zero-order valence-corrected chi connectivity index (χ0v) is 22.2. The lowest BCUT2D eigenvalue weighted by atomic mass is 10.1. The first-order valence-corrected chi connectivity index (χ1v) is 12.9. The van der Waals surface area contributed by atoms with Crippen molar-refractivity contribution in [2.75, 3.05) is 54.3 Å². The fourth-order valence-electron chi connectivity index (χ4n) is 5.05. The summed E-state index contributed by atoms with van der Waals surface area (Å²) in [4.78, 5) is 28.7. The molecule has 39 heavy (non-hydrogen) atoms. The number of carbonyl (C=O) groups excluding carboxylic acids is 1. The van der Waals surface area contributed by atoms with Crippen LogP contribution in [-0.2, 0) is 12.7 Å². The van der Waals surface area contributed by atoms with Gasteiger partial charge in [0.1, 0.15) is 5.82 Å². The van der Waals surface area contributed by atoms with Crippen LogP contribution in [0.15, 0.2) is 48.7 Å². The molecule has 3 aromatic rings. The van der Waals surface area contributed by atoms with Gasteiger partial charge in [0, 0.05) is 48.3 Å². The van der Waals surface area contributed by atoms with Gasteiger partial charge in [-0.25, -0.2) is 4.98 Å². The molecule has 0 aliphatic carbocycles. The molecule has 2 aromatic carbocycles. The maximum Gasteiger partial charge on any atom is 0.416 e. The van der Waals surface area contributed by atoms with Crippen molar-refractivity contribution < 1.29 is 18.0 Å². The highest BCUT2D eigenvalue weighted by atomic mass is 19.4. The number of halogens is 3. The van der Waals surface area contributed by atoms with E-state index in [0.29, 0.717) is 30.9 Å². The van der Waals surface area contributed by atoms with E-state index in [0.717, 1.165) is 60.7 Å². The molecular weight excluding hydrogens is 507 g/mol. The van der Waals surface area contributed by atoms with E-state index in [1.54, 1.807) is 6.07 Å². The van der Waals surface area contributed by atoms with Gasteiger partial charge in [-0.2, -0.15) is 18.2 Å². The quantitative estimate of drug-likeness (QED) is 0.474. The number of fused-ring (bicyclic) bond motifs is 1. The molecule has 3 heterocycles. The van der Waals surface area contributed by atoms with Crippen LogP contribution in [0.5, 0.6) is 0 Å². The highest BCUT2D eigenvalue weighted by Gasteiger charge is 2.31. The van der Waals surface area contributed by atoms with Crippen LogP contribution in [-0.4, -0.2) is 60.7 Å². The fraction of sp³-hybridized carbons (Fsp3) is 0.393. The summed E-state index contributed by atoms with van der Waals surface area (Å²) in [5.41, 5.74) is 2.48. The third-order valence-electron chi connectivity index (χ3n) is 7.26. The molecule has 0 bridgehead atoms. The van der Waals surface area contributed by atoms with Gasteiger partial charge in [0.2, 0.25) is 5.95 Å². The summed E-state index contributed by atoms with van der Waals surface area (Å²) in [6.45, 7) is 5.24. The summed E-state index contributed by atoms with van der Waals surface area (Å²) in [6.07, 6.45) is -0.546. The minimum atomic E-state index is -4.52. The highest BCUT2D eigenvalue weighted by molar-refractivity contribution is 6.04. The molecule has 0 saturated carbocycles. The molecule has 2 N–H and O–H groups in total. The maximum absolute atomic E-state index is 13.1.